The van der Waals surface area contributed by atoms with Crippen LogP contribution in [0.25, 0.3) is 0 Å². The second-order valence-corrected chi connectivity index (χ2v) is 7.23. The lowest BCUT2D eigenvalue weighted by Gasteiger charge is -2.24. The molecule has 1 aliphatic heterocycles. The number of aryl methyl sites for hydroxylation is 1. The van der Waals surface area contributed by atoms with E-state index in [4.69, 9.17) is 4.42 Å². The Hall–Kier alpha value is -1.64. The molecule has 2 aromatic rings. The van der Waals surface area contributed by atoms with Gasteiger partial charge < -0.3 is 4.42 Å². The molecule has 2 aromatic heterocycles. The molecular formula is C14H20N4O3S. The van der Waals surface area contributed by atoms with Gasteiger partial charge >= 0.3 is 0 Å². The van der Waals surface area contributed by atoms with Gasteiger partial charge in [0.1, 0.15) is 5.76 Å². The van der Waals surface area contributed by atoms with E-state index in [1.807, 2.05) is 13.0 Å². The Labute approximate surface area is 130 Å². The first-order chi connectivity index (χ1) is 10.5. The summed E-state index contributed by atoms with van der Waals surface area (Å²) in [6.45, 7) is 2.31. The second-order valence-electron chi connectivity index (χ2n) is 5.58. The van der Waals surface area contributed by atoms with E-state index in [0.717, 1.165) is 18.4 Å². The van der Waals surface area contributed by atoms with Gasteiger partial charge in [-0.2, -0.15) is 22.5 Å². The fraction of sp³-hybridized carbons (Fsp3) is 0.500. The van der Waals surface area contributed by atoms with Gasteiger partial charge in [-0.25, -0.2) is 0 Å². The predicted molar refractivity (Wildman–Crippen MR) is 81.1 cm³/mol. The summed E-state index contributed by atoms with van der Waals surface area (Å²) in [5.41, 5.74) is 0.833. The van der Waals surface area contributed by atoms with E-state index in [2.05, 4.69) is 9.82 Å². The zero-order chi connectivity index (χ0) is 15.7. The van der Waals surface area contributed by atoms with Gasteiger partial charge in [-0.1, -0.05) is 0 Å². The first-order valence-electron chi connectivity index (χ1n) is 7.28. The van der Waals surface area contributed by atoms with E-state index in [-0.39, 0.29) is 12.1 Å². The van der Waals surface area contributed by atoms with Crippen LogP contribution in [0.4, 0.5) is 0 Å². The van der Waals surface area contributed by atoms with Crippen LogP contribution in [-0.2, 0) is 17.3 Å². The van der Waals surface area contributed by atoms with Gasteiger partial charge in [0, 0.05) is 31.4 Å². The highest BCUT2D eigenvalue weighted by molar-refractivity contribution is 7.87. The molecule has 1 fully saturated rings. The maximum absolute atomic E-state index is 12.7. The van der Waals surface area contributed by atoms with Gasteiger partial charge in [0.25, 0.3) is 10.2 Å². The summed E-state index contributed by atoms with van der Waals surface area (Å²) >= 11 is 0. The number of rotatable bonds is 5. The highest BCUT2D eigenvalue weighted by Crippen LogP contribution is 2.34. The maximum Gasteiger partial charge on any atom is 0.280 e. The SMILES string of the molecule is C[C@@H](NS(=O)(=O)N1CCC[C@@H]1c1ccco1)c1cnn(C)c1. The summed E-state index contributed by atoms with van der Waals surface area (Å²) in [6.07, 6.45) is 6.65. The lowest BCUT2D eigenvalue weighted by Crippen LogP contribution is -2.41. The molecule has 0 aliphatic carbocycles. The maximum atomic E-state index is 12.7. The van der Waals surface area contributed by atoms with Crippen molar-refractivity contribution in [2.45, 2.75) is 31.8 Å². The predicted octanol–water partition coefficient (Wildman–Crippen LogP) is 1.75. The van der Waals surface area contributed by atoms with Crippen molar-refractivity contribution in [3.63, 3.8) is 0 Å². The van der Waals surface area contributed by atoms with Crippen LogP contribution in [-0.4, -0.2) is 29.0 Å². The van der Waals surface area contributed by atoms with Crippen molar-refractivity contribution in [3.8, 4) is 0 Å². The molecule has 3 rings (SSSR count). The van der Waals surface area contributed by atoms with Crippen molar-refractivity contribution >= 4 is 10.2 Å². The van der Waals surface area contributed by atoms with Crippen LogP contribution in [0.3, 0.4) is 0 Å². The molecule has 120 valence electrons. The summed E-state index contributed by atoms with van der Waals surface area (Å²) < 4.78 is 36.6. The van der Waals surface area contributed by atoms with Gasteiger partial charge in [-0.05, 0) is 31.9 Å². The summed E-state index contributed by atoms with van der Waals surface area (Å²) in [7, 11) is -1.78. The van der Waals surface area contributed by atoms with Crippen LogP contribution in [0.5, 0.6) is 0 Å². The Kier molecular flexibility index (Phi) is 4.07. The van der Waals surface area contributed by atoms with Crippen molar-refractivity contribution in [2.24, 2.45) is 7.05 Å². The minimum Gasteiger partial charge on any atom is -0.468 e. The van der Waals surface area contributed by atoms with Gasteiger partial charge in [0.2, 0.25) is 0 Å². The lowest BCUT2D eigenvalue weighted by atomic mass is 10.2. The van der Waals surface area contributed by atoms with Crippen LogP contribution < -0.4 is 4.72 Å². The Morgan fingerprint density at radius 3 is 2.95 bits per heavy atom. The summed E-state index contributed by atoms with van der Waals surface area (Å²) in [5, 5.41) is 4.07. The fourth-order valence-electron chi connectivity index (χ4n) is 2.82. The van der Waals surface area contributed by atoms with Gasteiger partial charge in [0.05, 0.1) is 18.5 Å². The van der Waals surface area contributed by atoms with E-state index in [9.17, 15) is 8.42 Å². The molecule has 3 heterocycles. The molecule has 1 aliphatic rings. The molecule has 0 radical (unpaired) electrons. The van der Waals surface area contributed by atoms with Crippen molar-refractivity contribution in [1.82, 2.24) is 18.8 Å². The van der Waals surface area contributed by atoms with Crippen LogP contribution in [0.15, 0.2) is 35.2 Å². The van der Waals surface area contributed by atoms with Gasteiger partial charge in [-0.3, -0.25) is 4.68 Å². The summed E-state index contributed by atoms with van der Waals surface area (Å²) in [4.78, 5) is 0. The number of aromatic nitrogens is 2. The summed E-state index contributed by atoms with van der Waals surface area (Å²) in [5.74, 6) is 0.692. The van der Waals surface area contributed by atoms with E-state index >= 15 is 0 Å². The highest BCUT2D eigenvalue weighted by atomic mass is 32.2. The Morgan fingerprint density at radius 2 is 2.32 bits per heavy atom. The zero-order valence-electron chi connectivity index (χ0n) is 12.6. The molecule has 8 heteroatoms. The highest BCUT2D eigenvalue weighted by Gasteiger charge is 2.37. The van der Waals surface area contributed by atoms with Crippen molar-refractivity contribution in [3.05, 3.63) is 42.1 Å². The Morgan fingerprint density at radius 1 is 1.50 bits per heavy atom. The smallest absolute Gasteiger partial charge is 0.280 e. The van der Waals surface area contributed by atoms with Crippen molar-refractivity contribution in [1.29, 1.82) is 0 Å². The molecular weight excluding hydrogens is 304 g/mol. The van der Waals surface area contributed by atoms with E-state index in [1.165, 1.54) is 4.31 Å². The van der Waals surface area contributed by atoms with E-state index in [1.54, 1.807) is 36.5 Å². The average molecular weight is 324 g/mol. The standard InChI is InChI=1S/C14H20N4O3S/c1-11(12-9-15-17(2)10-12)16-22(19,20)18-7-3-5-13(18)14-6-4-8-21-14/h4,6,8-11,13,16H,3,5,7H2,1-2H3/t11-,13-/m1/s1. The fourth-order valence-corrected chi connectivity index (χ4v) is 4.45. The first kappa shape index (κ1) is 15.3. The second kappa shape index (κ2) is 5.86. The van der Waals surface area contributed by atoms with Gasteiger partial charge in [0.15, 0.2) is 0 Å². The quantitative estimate of drug-likeness (QED) is 0.908. The van der Waals surface area contributed by atoms with Crippen LogP contribution in [0, 0.1) is 0 Å². The zero-order valence-corrected chi connectivity index (χ0v) is 13.5. The monoisotopic (exact) mass is 324 g/mol. The van der Waals surface area contributed by atoms with E-state index < -0.39 is 10.2 Å². The third-order valence-electron chi connectivity index (χ3n) is 3.93. The molecule has 0 saturated carbocycles. The number of nitrogens with one attached hydrogen (secondary N) is 1. The molecule has 0 unspecified atom stereocenters. The Bertz CT molecular complexity index is 723. The van der Waals surface area contributed by atoms with Gasteiger partial charge in [-0.15, -0.1) is 0 Å². The number of hydrogen-bond donors (Lipinski definition) is 1. The topological polar surface area (TPSA) is 80.4 Å². The normalized spacial score (nSPS) is 21.3. The van der Waals surface area contributed by atoms with Crippen molar-refractivity contribution in [2.75, 3.05) is 6.54 Å². The molecule has 0 spiro atoms. The largest absolute Gasteiger partial charge is 0.468 e. The first-order valence-corrected chi connectivity index (χ1v) is 8.72. The number of nitrogens with zero attached hydrogens (tertiary/aromatic N) is 3. The number of hydrogen-bond acceptors (Lipinski definition) is 4. The molecule has 0 bridgehead atoms. The molecule has 0 amide bonds. The molecule has 1 saturated heterocycles. The minimum atomic E-state index is -3.59. The van der Waals surface area contributed by atoms with E-state index in [0.29, 0.717) is 12.3 Å². The molecule has 7 nitrogen and oxygen atoms in total. The van der Waals surface area contributed by atoms with Crippen LogP contribution in [0.1, 0.15) is 43.2 Å². The molecule has 0 aromatic carbocycles. The van der Waals surface area contributed by atoms with Crippen LogP contribution in [0.2, 0.25) is 0 Å². The Balaban J connectivity index is 1.77. The molecule has 2 atom stereocenters. The number of furan rings is 1. The van der Waals surface area contributed by atoms with Crippen LogP contribution >= 0.6 is 0 Å². The van der Waals surface area contributed by atoms with Crippen molar-refractivity contribution < 1.29 is 12.8 Å². The lowest BCUT2D eigenvalue weighted by molar-refractivity contribution is 0.333. The summed E-state index contributed by atoms with van der Waals surface area (Å²) in [6, 6.07) is 3.04. The third-order valence-corrected chi connectivity index (χ3v) is 5.64. The molecule has 22 heavy (non-hydrogen) atoms. The molecule has 1 N–H and O–H groups in total. The average Bonchev–Trinajstić information content (AvgIpc) is 3.19. The third kappa shape index (κ3) is 2.94. The minimum absolute atomic E-state index is 0.228.